The molecule has 2 aliphatic carbocycles. The van der Waals surface area contributed by atoms with Crippen LogP contribution in [0.4, 0.5) is 4.39 Å². The van der Waals surface area contributed by atoms with Gasteiger partial charge in [0.2, 0.25) is 5.91 Å². The third-order valence-corrected chi connectivity index (χ3v) is 4.83. The van der Waals surface area contributed by atoms with E-state index in [9.17, 15) is 14.0 Å². The van der Waals surface area contributed by atoms with Crippen molar-refractivity contribution in [2.45, 2.75) is 32.1 Å². The summed E-state index contributed by atoms with van der Waals surface area (Å²) < 4.78 is 13.5. The van der Waals surface area contributed by atoms with Crippen molar-refractivity contribution in [3.63, 3.8) is 0 Å². The average Bonchev–Trinajstić information content (AvgIpc) is 2.71. The van der Waals surface area contributed by atoms with E-state index >= 15 is 0 Å². The number of ketones is 1. The smallest absolute Gasteiger partial charge is 0.223 e. The lowest BCUT2D eigenvalue weighted by atomic mass is 9.79. The summed E-state index contributed by atoms with van der Waals surface area (Å²) in [6.45, 7) is 0.444. The molecule has 2 aliphatic rings. The molecule has 3 rings (SSSR count). The van der Waals surface area contributed by atoms with Crippen LogP contribution in [0, 0.1) is 23.6 Å². The van der Waals surface area contributed by atoms with E-state index in [-0.39, 0.29) is 29.5 Å². The molecule has 2 atom stereocenters. The number of carbonyl (C=O) groups is 2. The van der Waals surface area contributed by atoms with Crippen molar-refractivity contribution >= 4 is 11.7 Å². The van der Waals surface area contributed by atoms with Gasteiger partial charge in [-0.1, -0.05) is 18.2 Å². The standard InChI is InChI=1S/C17H20FNO2/c18-15-4-2-1-3-11(15)7-8-19-17(21)14-9-12-5-6-13(10-14)16(12)20/h1-4,12-14H,5-10H2,(H,19,21). The van der Waals surface area contributed by atoms with Crippen LogP contribution in [-0.4, -0.2) is 18.2 Å². The Labute approximate surface area is 123 Å². The van der Waals surface area contributed by atoms with E-state index in [1.54, 1.807) is 18.2 Å². The third-order valence-electron chi connectivity index (χ3n) is 4.83. The highest BCUT2D eigenvalue weighted by atomic mass is 19.1. The van der Waals surface area contributed by atoms with E-state index in [0.717, 1.165) is 12.8 Å². The summed E-state index contributed by atoms with van der Waals surface area (Å²) in [5.74, 6) is 0.326. The van der Waals surface area contributed by atoms with Crippen LogP contribution in [0.15, 0.2) is 24.3 Å². The fourth-order valence-corrected chi connectivity index (χ4v) is 3.65. The number of fused-ring (bicyclic) bond motifs is 2. The number of benzene rings is 1. The Morgan fingerprint density at radius 3 is 2.52 bits per heavy atom. The van der Waals surface area contributed by atoms with Crippen LogP contribution in [0.25, 0.3) is 0 Å². The molecule has 2 bridgehead atoms. The molecule has 1 aromatic carbocycles. The maximum absolute atomic E-state index is 13.5. The molecule has 0 aromatic heterocycles. The lowest BCUT2D eigenvalue weighted by Crippen LogP contribution is -2.38. The van der Waals surface area contributed by atoms with E-state index in [1.807, 2.05) is 0 Å². The number of halogens is 1. The molecule has 1 aromatic rings. The molecule has 112 valence electrons. The molecule has 0 spiro atoms. The van der Waals surface area contributed by atoms with Gasteiger partial charge in [-0.2, -0.15) is 0 Å². The first-order chi connectivity index (χ1) is 10.1. The van der Waals surface area contributed by atoms with Crippen molar-refractivity contribution in [2.75, 3.05) is 6.54 Å². The van der Waals surface area contributed by atoms with E-state index < -0.39 is 0 Å². The van der Waals surface area contributed by atoms with Crippen LogP contribution < -0.4 is 5.32 Å². The van der Waals surface area contributed by atoms with Gasteiger partial charge in [-0.15, -0.1) is 0 Å². The zero-order chi connectivity index (χ0) is 14.8. The summed E-state index contributed by atoms with van der Waals surface area (Å²) >= 11 is 0. The Hall–Kier alpha value is -1.71. The van der Waals surface area contributed by atoms with Gasteiger partial charge in [0.15, 0.2) is 0 Å². The summed E-state index contributed by atoms with van der Waals surface area (Å²) in [4.78, 5) is 24.0. The van der Waals surface area contributed by atoms with Crippen LogP contribution in [0.3, 0.4) is 0 Å². The Morgan fingerprint density at radius 2 is 1.86 bits per heavy atom. The minimum absolute atomic E-state index is 0.0238. The van der Waals surface area contributed by atoms with Crippen molar-refractivity contribution in [2.24, 2.45) is 17.8 Å². The second-order valence-corrected chi connectivity index (χ2v) is 6.17. The second-order valence-electron chi connectivity index (χ2n) is 6.17. The summed E-state index contributed by atoms with van der Waals surface area (Å²) in [5, 5.41) is 2.89. The number of carbonyl (C=O) groups excluding carboxylic acids is 2. The highest BCUT2D eigenvalue weighted by Gasteiger charge is 2.43. The molecule has 0 radical (unpaired) electrons. The first-order valence-corrected chi connectivity index (χ1v) is 7.70. The fourth-order valence-electron chi connectivity index (χ4n) is 3.65. The Bertz CT molecular complexity index is 541. The molecule has 1 N–H and O–H groups in total. The quantitative estimate of drug-likeness (QED) is 0.925. The zero-order valence-corrected chi connectivity index (χ0v) is 12.0. The normalized spacial score (nSPS) is 27.7. The molecule has 2 fully saturated rings. The predicted octanol–water partition coefficient (Wildman–Crippen LogP) is 2.49. The largest absolute Gasteiger partial charge is 0.356 e. The van der Waals surface area contributed by atoms with Crippen molar-refractivity contribution in [3.8, 4) is 0 Å². The number of hydrogen-bond acceptors (Lipinski definition) is 2. The van der Waals surface area contributed by atoms with Crippen LogP contribution in [0.2, 0.25) is 0 Å². The van der Waals surface area contributed by atoms with Crippen LogP contribution in [0.5, 0.6) is 0 Å². The van der Waals surface area contributed by atoms with Gasteiger partial charge in [0.05, 0.1) is 0 Å². The van der Waals surface area contributed by atoms with Gasteiger partial charge in [0.1, 0.15) is 11.6 Å². The van der Waals surface area contributed by atoms with Crippen molar-refractivity contribution < 1.29 is 14.0 Å². The summed E-state index contributed by atoms with van der Waals surface area (Å²) in [5.41, 5.74) is 0.622. The zero-order valence-electron chi connectivity index (χ0n) is 12.0. The Kier molecular flexibility index (Phi) is 4.04. The minimum Gasteiger partial charge on any atom is -0.356 e. The topological polar surface area (TPSA) is 46.2 Å². The van der Waals surface area contributed by atoms with Gasteiger partial charge < -0.3 is 5.32 Å². The first-order valence-electron chi connectivity index (χ1n) is 7.70. The lowest BCUT2D eigenvalue weighted by Gasteiger charge is -2.25. The predicted molar refractivity (Wildman–Crippen MR) is 77.1 cm³/mol. The van der Waals surface area contributed by atoms with Crippen molar-refractivity contribution in [1.29, 1.82) is 0 Å². The van der Waals surface area contributed by atoms with Crippen LogP contribution in [0.1, 0.15) is 31.2 Å². The van der Waals surface area contributed by atoms with Crippen LogP contribution >= 0.6 is 0 Å². The molecular formula is C17H20FNO2. The van der Waals surface area contributed by atoms with Gasteiger partial charge in [-0.3, -0.25) is 9.59 Å². The van der Waals surface area contributed by atoms with Gasteiger partial charge in [-0.25, -0.2) is 4.39 Å². The number of amides is 1. The van der Waals surface area contributed by atoms with Crippen molar-refractivity contribution in [1.82, 2.24) is 5.32 Å². The molecule has 0 aliphatic heterocycles. The summed E-state index contributed by atoms with van der Waals surface area (Å²) in [7, 11) is 0. The highest BCUT2D eigenvalue weighted by Crippen LogP contribution is 2.41. The monoisotopic (exact) mass is 289 g/mol. The molecule has 3 nitrogen and oxygen atoms in total. The van der Waals surface area contributed by atoms with E-state index in [1.165, 1.54) is 6.07 Å². The van der Waals surface area contributed by atoms with Gasteiger partial charge in [0.25, 0.3) is 0 Å². The number of rotatable bonds is 4. The van der Waals surface area contributed by atoms with Gasteiger partial charge >= 0.3 is 0 Å². The minimum atomic E-state index is -0.229. The van der Waals surface area contributed by atoms with E-state index in [2.05, 4.69) is 5.32 Å². The molecule has 2 saturated carbocycles. The molecule has 2 unspecified atom stereocenters. The van der Waals surface area contributed by atoms with Gasteiger partial charge in [0, 0.05) is 24.3 Å². The maximum Gasteiger partial charge on any atom is 0.223 e. The molecule has 1 amide bonds. The average molecular weight is 289 g/mol. The fraction of sp³-hybridized carbons (Fsp3) is 0.529. The number of Topliss-reactive ketones (excluding diaryl/α,β-unsaturated/α-hetero) is 1. The number of nitrogens with one attached hydrogen (secondary N) is 1. The molecule has 4 heteroatoms. The molecule has 0 saturated heterocycles. The van der Waals surface area contributed by atoms with Crippen LogP contribution in [-0.2, 0) is 16.0 Å². The number of hydrogen-bond donors (Lipinski definition) is 1. The van der Waals surface area contributed by atoms with Crippen molar-refractivity contribution in [3.05, 3.63) is 35.6 Å². The Morgan fingerprint density at radius 1 is 1.19 bits per heavy atom. The van der Waals surface area contributed by atoms with Gasteiger partial charge in [-0.05, 0) is 43.7 Å². The molecule has 21 heavy (non-hydrogen) atoms. The highest BCUT2D eigenvalue weighted by molar-refractivity contribution is 5.89. The molecular weight excluding hydrogens is 269 g/mol. The second kappa shape index (κ2) is 5.96. The summed E-state index contributed by atoms with van der Waals surface area (Å²) in [6, 6.07) is 6.62. The lowest BCUT2D eigenvalue weighted by molar-refractivity contribution is -0.132. The summed E-state index contributed by atoms with van der Waals surface area (Å²) in [6.07, 6.45) is 3.78. The maximum atomic E-state index is 13.5. The Balaban J connectivity index is 1.49. The van der Waals surface area contributed by atoms with E-state index in [0.29, 0.717) is 37.2 Å². The van der Waals surface area contributed by atoms with E-state index in [4.69, 9.17) is 0 Å². The third kappa shape index (κ3) is 2.99. The SMILES string of the molecule is O=C(NCCc1ccccc1F)C1CC2CCC(C1)C2=O. The first kappa shape index (κ1) is 14.2. The molecule has 0 heterocycles.